The van der Waals surface area contributed by atoms with E-state index in [-0.39, 0.29) is 24.5 Å². The van der Waals surface area contributed by atoms with Crippen molar-refractivity contribution in [1.29, 1.82) is 5.26 Å². The minimum absolute atomic E-state index is 0.155. The van der Waals surface area contributed by atoms with E-state index in [4.69, 9.17) is 16.3 Å². The SMILES string of the molecule is N#CCC(NNCCCCCN1CC(=O)NC1=O)c1ccc(Cl)c(OCC2CC2)c1. The van der Waals surface area contributed by atoms with Gasteiger partial charge in [-0.15, -0.1) is 0 Å². The number of hydrogen-bond donors (Lipinski definition) is 3. The van der Waals surface area contributed by atoms with Crippen LogP contribution in [0, 0.1) is 17.2 Å². The van der Waals surface area contributed by atoms with Crippen molar-refractivity contribution in [3.8, 4) is 11.8 Å². The van der Waals surface area contributed by atoms with Crippen LogP contribution in [0.4, 0.5) is 4.79 Å². The van der Waals surface area contributed by atoms with Gasteiger partial charge in [0.15, 0.2) is 0 Å². The normalized spacial score (nSPS) is 17.0. The number of carbonyl (C=O) groups is 2. The van der Waals surface area contributed by atoms with Crippen LogP contribution in [0.3, 0.4) is 0 Å². The first-order valence-electron chi connectivity index (χ1n) is 10.4. The lowest BCUT2D eigenvalue weighted by molar-refractivity contribution is -0.118. The molecule has 1 heterocycles. The second kappa shape index (κ2) is 11.2. The van der Waals surface area contributed by atoms with Gasteiger partial charge in [-0.1, -0.05) is 24.1 Å². The fourth-order valence-corrected chi connectivity index (χ4v) is 3.41. The maximum absolute atomic E-state index is 11.5. The first-order valence-corrected chi connectivity index (χ1v) is 10.8. The Kier molecular flexibility index (Phi) is 8.31. The third kappa shape index (κ3) is 6.87. The van der Waals surface area contributed by atoms with Crippen LogP contribution < -0.4 is 20.9 Å². The molecule has 2 aliphatic rings. The molecule has 162 valence electrons. The lowest BCUT2D eigenvalue weighted by atomic mass is 10.0. The lowest BCUT2D eigenvalue weighted by Crippen LogP contribution is -2.36. The number of benzene rings is 1. The highest BCUT2D eigenvalue weighted by Crippen LogP contribution is 2.33. The number of ether oxygens (including phenoxy) is 1. The van der Waals surface area contributed by atoms with Crippen molar-refractivity contribution in [1.82, 2.24) is 21.1 Å². The zero-order valence-corrected chi connectivity index (χ0v) is 17.7. The van der Waals surface area contributed by atoms with Gasteiger partial charge in [-0.05, 0) is 49.3 Å². The molecule has 1 unspecified atom stereocenters. The van der Waals surface area contributed by atoms with Gasteiger partial charge in [-0.3, -0.25) is 15.5 Å². The zero-order chi connectivity index (χ0) is 21.3. The van der Waals surface area contributed by atoms with E-state index < -0.39 is 0 Å². The molecule has 0 aromatic heterocycles. The summed E-state index contributed by atoms with van der Waals surface area (Å²) in [6.45, 7) is 2.15. The number of imide groups is 1. The van der Waals surface area contributed by atoms with Crippen LogP contribution in [0.2, 0.25) is 5.02 Å². The van der Waals surface area contributed by atoms with Gasteiger partial charge in [0.05, 0.1) is 30.2 Å². The Morgan fingerprint density at radius 1 is 1.30 bits per heavy atom. The molecule has 3 N–H and O–H groups in total. The predicted molar refractivity (Wildman–Crippen MR) is 113 cm³/mol. The van der Waals surface area contributed by atoms with Gasteiger partial charge >= 0.3 is 6.03 Å². The fraction of sp³-hybridized carbons (Fsp3) is 0.571. The number of halogens is 1. The highest BCUT2D eigenvalue weighted by atomic mass is 35.5. The molecule has 30 heavy (non-hydrogen) atoms. The number of hydrazine groups is 1. The van der Waals surface area contributed by atoms with Crippen LogP contribution in [0.1, 0.15) is 50.1 Å². The van der Waals surface area contributed by atoms with Gasteiger partial charge in [0.2, 0.25) is 5.91 Å². The van der Waals surface area contributed by atoms with E-state index in [1.54, 1.807) is 0 Å². The number of unbranched alkanes of at least 4 members (excludes halogenated alkanes) is 2. The molecule has 1 saturated carbocycles. The molecule has 2 fully saturated rings. The van der Waals surface area contributed by atoms with E-state index in [9.17, 15) is 14.9 Å². The topological polar surface area (TPSA) is 106 Å². The van der Waals surface area contributed by atoms with E-state index in [0.29, 0.717) is 36.3 Å². The lowest BCUT2D eigenvalue weighted by Gasteiger charge is -2.19. The minimum atomic E-state index is -0.303. The Hall–Kier alpha value is -2.34. The average Bonchev–Trinajstić information content (AvgIpc) is 3.49. The Balaban J connectivity index is 1.38. The van der Waals surface area contributed by atoms with Gasteiger partial charge in [-0.25, -0.2) is 10.2 Å². The standard InChI is InChI=1S/C21H28ClN5O3/c22-17-7-6-16(12-19(17)30-14-15-4-5-15)18(8-9-23)26-24-10-2-1-3-11-27-13-20(28)25-21(27)29/h6-7,12,15,18,24,26H,1-5,8,10-11,13-14H2,(H,25,28,29). The zero-order valence-electron chi connectivity index (χ0n) is 17.0. The Labute approximate surface area is 181 Å². The van der Waals surface area contributed by atoms with Crippen molar-refractivity contribution in [2.24, 2.45) is 5.92 Å². The number of rotatable bonds is 13. The summed E-state index contributed by atoms with van der Waals surface area (Å²) in [5.74, 6) is 1.06. The molecule has 1 aliphatic heterocycles. The first-order chi connectivity index (χ1) is 14.6. The molecule has 0 spiro atoms. The van der Waals surface area contributed by atoms with Gasteiger partial charge in [0, 0.05) is 13.1 Å². The van der Waals surface area contributed by atoms with Gasteiger partial charge in [0.1, 0.15) is 12.3 Å². The molecule has 3 rings (SSSR count). The van der Waals surface area contributed by atoms with Crippen molar-refractivity contribution < 1.29 is 14.3 Å². The number of amides is 3. The number of nitriles is 1. The smallest absolute Gasteiger partial charge is 0.324 e. The molecule has 0 radical (unpaired) electrons. The molecule has 1 atom stereocenters. The van der Waals surface area contributed by atoms with Crippen molar-refractivity contribution >= 4 is 23.5 Å². The fourth-order valence-electron chi connectivity index (χ4n) is 3.23. The summed E-state index contributed by atoms with van der Waals surface area (Å²) >= 11 is 6.25. The van der Waals surface area contributed by atoms with Crippen LogP contribution in [0.25, 0.3) is 0 Å². The number of hydrogen-bond acceptors (Lipinski definition) is 6. The third-order valence-electron chi connectivity index (χ3n) is 5.20. The van der Waals surface area contributed by atoms with E-state index in [0.717, 1.165) is 31.4 Å². The van der Waals surface area contributed by atoms with E-state index in [1.807, 2.05) is 18.2 Å². The maximum Gasteiger partial charge on any atom is 0.324 e. The number of urea groups is 1. The van der Waals surface area contributed by atoms with Crippen LogP contribution in [-0.4, -0.2) is 43.1 Å². The molecule has 9 heteroatoms. The molecular formula is C21H28ClN5O3. The second-order valence-electron chi connectivity index (χ2n) is 7.77. The molecule has 1 saturated heterocycles. The summed E-state index contributed by atoms with van der Waals surface area (Å²) in [5.41, 5.74) is 7.35. The van der Waals surface area contributed by atoms with Gasteiger partial charge in [0.25, 0.3) is 0 Å². The number of nitrogens with zero attached hydrogens (tertiary/aromatic N) is 2. The van der Waals surface area contributed by atoms with Crippen molar-refractivity contribution in [2.75, 3.05) is 26.2 Å². The monoisotopic (exact) mass is 433 g/mol. The van der Waals surface area contributed by atoms with Crippen LogP contribution >= 0.6 is 11.6 Å². The van der Waals surface area contributed by atoms with Crippen LogP contribution in [-0.2, 0) is 4.79 Å². The van der Waals surface area contributed by atoms with Crippen molar-refractivity contribution in [3.63, 3.8) is 0 Å². The summed E-state index contributed by atoms with van der Waals surface area (Å²) in [6, 6.07) is 7.36. The summed E-state index contributed by atoms with van der Waals surface area (Å²) < 4.78 is 5.84. The van der Waals surface area contributed by atoms with Crippen molar-refractivity contribution in [3.05, 3.63) is 28.8 Å². The number of carbonyl (C=O) groups excluding carboxylic acids is 2. The van der Waals surface area contributed by atoms with Gasteiger partial charge in [-0.2, -0.15) is 5.26 Å². The largest absolute Gasteiger partial charge is 0.492 e. The molecular weight excluding hydrogens is 406 g/mol. The molecule has 1 aromatic carbocycles. The average molecular weight is 434 g/mol. The third-order valence-corrected chi connectivity index (χ3v) is 5.51. The minimum Gasteiger partial charge on any atom is -0.492 e. The molecule has 1 aliphatic carbocycles. The Morgan fingerprint density at radius 2 is 2.13 bits per heavy atom. The molecule has 3 amide bonds. The highest BCUT2D eigenvalue weighted by molar-refractivity contribution is 6.32. The number of nitrogens with one attached hydrogen (secondary N) is 3. The van der Waals surface area contributed by atoms with Crippen LogP contribution in [0.15, 0.2) is 18.2 Å². The predicted octanol–water partition coefficient (Wildman–Crippen LogP) is 2.90. The maximum atomic E-state index is 11.5. The first kappa shape index (κ1) is 22.3. The van der Waals surface area contributed by atoms with E-state index >= 15 is 0 Å². The van der Waals surface area contributed by atoms with E-state index in [2.05, 4.69) is 22.2 Å². The summed E-state index contributed by atoms with van der Waals surface area (Å²) in [5, 5.41) is 12.0. The Morgan fingerprint density at radius 3 is 2.83 bits per heavy atom. The van der Waals surface area contributed by atoms with Crippen molar-refractivity contribution in [2.45, 2.75) is 44.6 Å². The second-order valence-corrected chi connectivity index (χ2v) is 8.17. The summed E-state index contributed by atoms with van der Waals surface area (Å²) in [7, 11) is 0. The molecule has 0 bridgehead atoms. The van der Waals surface area contributed by atoms with Gasteiger partial charge < -0.3 is 9.64 Å². The summed E-state index contributed by atoms with van der Waals surface area (Å²) in [4.78, 5) is 24.2. The molecule has 1 aromatic rings. The molecule has 8 nitrogen and oxygen atoms in total. The summed E-state index contributed by atoms with van der Waals surface area (Å²) in [6.07, 6.45) is 5.41. The van der Waals surface area contributed by atoms with E-state index in [1.165, 1.54) is 17.7 Å². The Bertz CT molecular complexity index is 793. The quantitative estimate of drug-likeness (QED) is 0.251. The highest BCUT2D eigenvalue weighted by Gasteiger charge is 2.25. The van der Waals surface area contributed by atoms with Crippen LogP contribution in [0.5, 0.6) is 5.75 Å².